The van der Waals surface area contributed by atoms with Gasteiger partial charge in [-0.25, -0.2) is 13.2 Å². The predicted molar refractivity (Wildman–Crippen MR) is 96.9 cm³/mol. The van der Waals surface area contributed by atoms with E-state index in [1.165, 1.54) is 0 Å². The predicted octanol–water partition coefficient (Wildman–Crippen LogP) is 1.23. The largest absolute Gasteiger partial charge is 0.481 e. The van der Waals surface area contributed by atoms with Crippen LogP contribution in [0.3, 0.4) is 0 Å². The maximum atomic E-state index is 11.9. The molecule has 8 heteroatoms. The molecule has 0 spiro atoms. The summed E-state index contributed by atoms with van der Waals surface area (Å²) >= 11 is 0. The summed E-state index contributed by atoms with van der Waals surface area (Å²) in [6, 6.07) is 3.91. The first-order valence-corrected chi connectivity index (χ1v) is 10.2. The highest BCUT2D eigenvalue weighted by atomic mass is 32.2. The molecule has 1 heterocycles. The molecule has 0 unspecified atom stereocenters. The summed E-state index contributed by atoms with van der Waals surface area (Å²) in [7, 11) is -3.12. The quantitative estimate of drug-likeness (QED) is 0.742. The Balaban J connectivity index is 1.79. The number of sulfone groups is 1. The first-order chi connectivity index (χ1) is 12.0. The minimum atomic E-state index is -3.12. The number of hydrogen-bond acceptors (Lipinski definition) is 6. The number of amides is 1. The normalized spacial score (nSPS) is 21.2. The fourth-order valence-electron chi connectivity index (χ4n) is 3.19. The molecular weight excluding hydrogens is 358 g/mol. The third kappa shape index (κ3) is 5.45. The van der Waals surface area contributed by atoms with Gasteiger partial charge in [-0.05, 0) is 45.2 Å². The van der Waals surface area contributed by atoms with E-state index in [0.717, 1.165) is 16.7 Å². The second-order valence-corrected chi connectivity index (χ2v) is 9.31. The van der Waals surface area contributed by atoms with E-state index in [1.54, 1.807) is 6.92 Å². The molecule has 1 saturated heterocycles. The van der Waals surface area contributed by atoms with Crippen molar-refractivity contribution in [1.82, 2.24) is 5.32 Å². The maximum absolute atomic E-state index is 11.9. The van der Waals surface area contributed by atoms with Crippen LogP contribution < -0.4 is 10.1 Å². The summed E-state index contributed by atoms with van der Waals surface area (Å²) in [5.74, 6) is -0.619. The number of rotatable bonds is 6. The van der Waals surface area contributed by atoms with Gasteiger partial charge in [-0.2, -0.15) is 0 Å². The molecule has 7 nitrogen and oxygen atoms in total. The Morgan fingerprint density at radius 2 is 1.77 bits per heavy atom. The van der Waals surface area contributed by atoms with E-state index in [-0.39, 0.29) is 18.1 Å². The molecule has 1 fully saturated rings. The average Bonchev–Trinajstić information content (AvgIpc) is 2.77. The maximum Gasteiger partial charge on any atom is 0.344 e. The van der Waals surface area contributed by atoms with E-state index in [9.17, 15) is 18.0 Å². The third-order valence-electron chi connectivity index (χ3n) is 4.25. The summed E-state index contributed by atoms with van der Waals surface area (Å²) in [6.45, 7) is 6.67. The second-order valence-electron chi connectivity index (χ2n) is 7.13. The molecule has 0 radical (unpaired) electrons. The van der Waals surface area contributed by atoms with Gasteiger partial charge in [-0.15, -0.1) is 0 Å². The highest BCUT2D eigenvalue weighted by Crippen LogP contribution is 2.24. The van der Waals surface area contributed by atoms with Crippen LogP contribution in [0.25, 0.3) is 0 Å². The van der Waals surface area contributed by atoms with Crippen molar-refractivity contribution in [1.29, 1.82) is 0 Å². The molecule has 0 aliphatic carbocycles. The Hall–Kier alpha value is -2.09. The Bertz CT molecular complexity index is 794. The molecule has 1 amide bonds. The van der Waals surface area contributed by atoms with E-state index in [4.69, 9.17) is 9.47 Å². The summed E-state index contributed by atoms with van der Waals surface area (Å²) in [6.07, 6.45) is 0.351. The Kier molecular flexibility index (Phi) is 5.95. The number of esters is 1. The van der Waals surface area contributed by atoms with Crippen LogP contribution in [-0.4, -0.2) is 50.6 Å². The molecule has 0 saturated carbocycles. The van der Waals surface area contributed by atoms with Gasteiger partial charge in [0.2, 0.25) is 0 Å². The molecule has 1 N–H and O–H groups in total. The summed E-state index contributed by atoms with van der Waals surface area (Å²) < 4.78 is 33.5. The van der Waals surface area contributed by atoms with Gasteiger partial charge in [0, 0.05) is 0 Å². The monoisotopic (exact) mass is 383 g/mol. The SMILES string of the molecule is Cc1cc(C)c(OCC(=O)OCC(=O)N[C@]2(C)CCS(=O)(=O)C2)c(C)c1. The zero-order chi connectivity index (χ0) is 19.5. The van der Waals surface area contributed by atoms with Gasteiger partial charge >= 0.3 is 5.97 Å². The number of ether oxygens (including phenoxy) is 2. The average molecular weight is 383 g/mol. The molecule has 26 heavy (non-hydrogen) atoms. The van der Waals surface area contributed by atoms with Crippen molar-refractivity contribution < 1.29 is 27.5 Å². The molecule has 1 aromatic rings. The van der Waals surface area contributed by atoms with E-state index < -0.39 is 33.9 Å². The Morgan fingerprint density at radius 1 is 1.15 bits per heavy atom. The number of nitrogens with one attached hydrogen (secondary N) is 1. The van der Waals surface area contributed by atoms with Crippen molar-refractivity contribution in [3.8, 4) is 5.75 Å². The fraction of sp³-hybridized carbons (Fsp3) is 0.556. The lowest BCUT2D eigenvalue weighted by molar-refractivity contribution is -0.150. The van der Waals surface area contributed by atoms with Crippen LogP contribution >= 0.6 is 0 Å². The minimum absolute atomic E-state index is 0.0483. The molecule has 0 bridgehead atoms. The van der Waals surface area contributed by atoms with Gasteiger partial charge in [0.05, 0.1) is 17.0 Å². The molecule has 2 rings (SSSR count). The lowest BCUT2D eigenvalue weighted by Crippen LogP contribution is -2.48. The van der Waals surface area contributed by atoms with Crippen LogP contribution in [0.15, 0.2) is 12.1 Å². The van der Waals surface area contributed by atoms with Crippen molar-refractivity contribution in [2.75, 3.05) is 24.7 Å². The molecule has 1 atom stereocenters. The van der Waals surface area contributed by atoms with Crippen LogP contribution in [0.5, 0.6) is 5.75 Å². The van der Waals surface area contributed by atoms with Crippen molar-refractivity contribution in [2.45, 2.75) is 39.7 Å². The fourth-order valence-corrected chi connectivity index (χ4v) is 5.29. The molecule has 1 aliphatic heterocycles. The van der Waals surface area contributed by atoms with Gasteiger partial charge in [-0.1, -0.05) is 17.7 Å². The number of aryl methyl sites for hydroxylation is 3. The summed E-state index contributed by atoms with van der Waals surface area (Å²) in [5, 5.41) is 2.63. The van der Waals surface area contributed by atoms with Crippen molar-refractivity contribution >= 4 is 21.7 Å². The number of carbonyl (C=O) groups excluding carboxylic acids is 2. The zero-order valence-corrected chi connectivity index (χ0v) is 16.4. The Labute approximate surface area is 154 Å². The van der Waals surface area contributed by atoms with Crippen LogP contribution in [0, 0.1) is 20.8 Å². The topological polar surface area (TPSA) is 98.8 Å². The van der Waals surface area contributed by atoms with E-state index >= 15 is 0 Å². The first-order valence-electron chi connectivity index (χ1n) is 8.37. The van der Waals surface area contributed by atoms with Gasteiger partial charge in [0.25, 0.3) is 5.91 Å². The van der Waals surface area contributed by atoms with Crippen molar-refractivity contribution in [3.05, 3.63) is 28.8 Å². The van der Waals surface area contributed by atoms with E-state index in [0.29, 0.717) is 12.2 Å². The molecule has 1 aromatic carbocycles. The van der Waals surface area contributed by atoms with Gasteiger partial charge in [0.15, 0.2) is 23.1 Å². The van der Waals surface area contributed by atoms with Gasteiger partial charge in [-0.3, -0.25) is 4.79 Å². The van der Waals surface area contributed by atoms with E-state index in [2.05, 4.69) is 5.32 Å². The van der Waals surface area contributed by atoms with Gasteiger partial charge < -0.3 is 14.8 Å². The zero-order valence-electron chi connectivity index (χ0n) is 15.5. The number of hydrogen-bond donors (Lipinski definition) is 1. The van der Waals surface area contributed by atoms with Crippen LogP contribution in [0.2, 0.25) is 0 Å². The Morgan fingerprint density at radius 3 is 2.31 bits per heavy atom. The minimum Gasteiger partial charge on any atom is -0.481 e. The summed E-state index contributed by atoms with van der Waals surface area (Å²) in [4.78, 5) is 23.7. The molecule has 144 valence electrons. The highest BCUT2D eigenvalue weighted by Gasteiger charge is 2.39. The molecule has 1 aliphatic rings. The molecule has 0 aromatic heterocycles. The number of benzene rings is 1. The van der Waals surface area contributed by atoms with Crippen LogP contribution in [-0.2, 0) is 24.2 Å². The lowest BCUT2D eigenvalue weighted by Gasteiger charge is -2.23. The first kappa shape index (κ1) is 20.2. The lowest BCUT2D eigenvalue weighted by atomic mass is 10.0. The van der Waals surface area contributed by atoms with Crippen LogP contribution in [0.1, 0.15) is 30.0 Å². The highest BCUT2D eigenvalue weighted by molar-refractivity contribution is 7.91. The van der Waals surface area contributed by atoms with Crippen LogP contribution in [0.4, 0.5) is 0 Å². The third-order valence-corrected chi connectivity index (χ3v) is 6.15. The second kappa shape index (κ2) is 7.65. The summed E-state index contributed by atoms with van der Waals surface area (Å²) in [5.41, 5.74) is 2.13. The number of carbonyl (C=O) groups is 2. The van der Waals surface area contributed by atoms with E-state index in [1.807, 2.05) is 32.9 Å². The smallest absolute Gasteiger partial charge is 0.344 e. The van der Waals surface area contributed by atoms with Crippen molar-refractivity contribution in [3.63, 3.8) is 0 Å². The van der Waals surface area contributed by atoms with Gasteiger partial charge in [0.1, 0.15) is 5.75 Å². The molecular formula is C18H25NO6S. The van der Waals surface area contributed by atoms with Crippen molar-refractivity contribution in [2.24, 2.45) is 0 Å². The standard InChI is InChI=1S/C18H25NO6S/c1-12-7-13(2)17(14(3)8-12)25-10-16(21)24-9-15(20)19-18(4)5-6-26(22,23)11-18/h7-8H,5-6,9-11H2,1-4H3,(H,19,20)/t18-/m1/s1.